The van der Waals surface area contributed by atoms with Gasteiger partial charge in [0.05, 0.1) is 0 Å². The van der Waals surface area contributed by atoms with Crippen LogP contribution in [0.5, 0.6) is 0 Å². The summed E-state index contributed by atoms with van der Waals surface area (Å²) < 4.78 is 0. The fourth-order valence-electron chi connectivity index (χ4n) is 3.16. The molecule has 2 unspecified atom stereocenters. The number of amides is 1. The first kappa shape index (κ1) is 17.5. The third-order valence-electron chi connectivity index (χ3n) is 4.43. The second kappa shape index (κ2) is 10.2. The molecule has 1 amide bonds. The molecule has 1 aliphatic rings. The summed E-state index contributed by atoms with van der Waals surface area (Å²) in [6, 6.07) is 0. The van der Waals surface area contributed by atoms with E-state index in [0.717, 1.165) is 45.4 Å². The number of hydrogen-bond acceptors (Lipinski definition) is 2. The number of unbranched alkanes of at least 4 members (excludes halogenated alkanes) is 1. The van der Waals surface area contributed by atoms with Crippen molar-refractivity contribution in [1.29, 1.82) is 0 Å². The van der Waals surface area contributed by atoms with Crippen LogP contribution in [0.1, 0.15) is 65.7 Å². The summed E-state index contributed by atoms with van der Waals surface area (Å²) in [5, 5.41) is 3.46. The molecule has 0 radical (unpaired) electrons. The van der Waals surface area contributed by atoms with Crippen molar-refractivity contribution < 1.29 is 4.79 Å². The molecule has 0 spiro atoms. The Bertz CT molecular complexity index is 262. The highest BCUT2D eigenvalue weighted by molar-refractivity contribution is 5.78. The van der Waals surface area contributed by atoms with E-state index in [1.54, 1.807) is 0 Å². The highest BCUT2D eigenvalue weighted by atomic mass is 16.2. The smallest absolute Gasteiger partial charge is 0.225 e. The zero-order valence-corrected chi connectivity index (χ0v) is 13.8. The second-order valence-corrected chi connectivity index (χ2v) is 6.24. The van der Waals surface area contributed by atoms with E-state index in [1.165, 1.54) is 25.7 Å². The summed E-state index contributed by atoms with van der Waals surface area (Å²) in [6.07, 6.45) is 8.00. The molecular weight excluding hydrogens is 248 g/mol. The Kier molecular flexibility index (Phi) is 8.92. The van der Waals surface area contributed by atoms with Crippen LogP contribution in [0.3, 0.4) is 0 Å². The molecule has 0 aromatic heterocycles. The lowest BCUT2D eigenvalue weighted by molar-refractivity contribution is -0.136. The SMILES string of the molecule is CCCCC(CC)C(=O)N(CCC)CC1CCCNC1. The predicted octanol–water partition coefficient (Wildman–Crippen LogP) is 3.44. The highest BCUT2D eigenvalue weighted by Crippen LogP contribution is 2.19. The van der Waals surface area contributed by atoms with Crippen LogP contribution in [-0.4, -0.2) is 37.0 Å². The van der Waals surface area contributed by atoms with Crippen LogP contribution in [0.4, 0.5) is 0 Å². The van der Waals surface area contributed by atoms with E-state index in [2.05, 4.69) is 31.0 Å². The van der Waals surface area contributed by atoms with Gasteiger partial charge in [-0.25, -0.2) is 0 Å². The molecule has 0 aliphatic carbocycles. The molecule has 1 fully saturated rings. The van der Waals surface area contributed by atoms with Gasteiger partial charge in [0.2, 0.25) is 5.91 Å². The standard InChI is InChI=1S/C17H34N2O/c1-4-7-10-16(6-3)17(20)19(12-5-2)14-15-9-8-11-18-13-15/h15-16,18H,4-14H2,1-3H3. The van der Waals surface area contributed by atoms with Crippen molar-refractivity contribution in [3.63, 3.8) is 0 Å². The number of piperidine rings is 1. The normalized spacial score (nSPS) is 20.6. The Morgan fingerprint density at radius 2 is 2.10 bits per heavy atom. The van der Waals surface area contributed by atoms with Crippen LogP contribution in [0, 0.1) is 11.8 Å². The van der Waals surface area contributed by atoms with E-state index >= 15 is 0 Å². The van der Waals surface area contributed by atoms with Crippen LogP contribution in [0.15, 0.2) is 0 Å². The van der Waals surface area contributed by atoms with Gasteiger partial charge in [0.1, 0.15) is 0 Å². The van der Waals surface area contributed by atoms with Gasteiger partial charge in [-0.05, 0) is 51.1 Å². The molecule has 1 heterocycles. The molecule has 0 aromatic carbocycles. The fraction of sp³-hybridized carbons (Fsp3) is 0.941. The number of rotatable bonds is 9. The van der Waals surface area contributed by atoms with Gasteiger partial charge in [0, 0.05) is 19.0 Å². The number of nitrogens with zero attached hydrogens (tertiary/aromatic N) is 1. The monoisotopic (exact) mass is 282 g/mol. The van der Waals surface area contributed by atoms with Crippen molar-refractivity contribution in [3.05, 3.63) is 0 Å². The maximum Gasteiger partial charge on any atom is 0.225 e. The first-order chi connectivity index (χ1) is 9.72. The zero-order valence-electron chi connectivity index (χ0n) is 13.8. The van der Waals surface area contributed by atoms with Crippen molar-refractivity contribution in [3.8, 4) is 0 Å². The molecule has 118 valence electrons. The first-order valence-corrected chi connectivity index (χ1v) is 8.72. The molecular formula is C17H34N2O. The number of nitrogens with one attached hydrogen (secondary N) is 1. The van der Waals surface area contributed by atoms with Crippen LogP contribution < -0.4 is 5.32 Å². The molecule has 3 heteroatoms. The molecule has 0 saturated carbocycles. The molecule has 1 rings (SSSR count). The minimum absolute atomic E-state index is 0.248. The van der Waals surface area contributed by atoms with E-state index in [9.17, 15) is 4.79 Å². The van der Waals surface area contributed by atoms with Gasteiger partial charge in [-0.3, -0.25) is 4.79 Å². The Morgan fingerprint density at radius 3 is 2.65 bits per heavy atom. The molecule has 0 aromatic rings. The molecule has 2 atom stereocenters. The summed E-state index contributed by atoms with van der Waals surface area (Å²) in [5.74, 6) is 1.31. The molecule has 1 saturated heterocycles. The van der Waals surface area contributed by atoms with Gasteiger partial charge in [0.25, 0.3) is 0 Å². The summed E-state index contributed by atoms with van der Waals surface area (Å²) >= 11 is 0. The van der Waals surface area contributed by atoms with Crippen LogP contribution in [0.2, 0.25) is 0 Å². The van der Waals surface area contributed by atoms with E-state index in [-0.39, 0.29) is 5.92 Å². The Hall–Kier alpha value is -0.570. The Balaban J connectivity index is 2.54. The predicted molar refractivity (Wildman–Crippen MR) is 85.8 cm³/mol. The number of carbonyl (C=O) groups excluding carboxylic acids is 1. The number of carbonyl (C=O) groups is 1. The third kappa shape index (κ3) is 5.82. The van der Waals surface area contributed by atoms with Crippen molar-refractivity contribution in [2.24, 2.45) is 11.8 Å². The summed E-state index contributed by atoms with van der Waals surface area (Å²) in [6.45, 7) is 10.7. The summed E-state index contributed by atoms with van der Waals surface area (Å²) in [4.78, 5) is 14.9. The third-order valence-corrected chi connectivity index (χ3v) is 4.43. The van der Waals surface area contributed by atoms with Gasteiger partial charge < -0.3 is 10.2 Å². The maximum absolute atomic E-state index is 12.7. The molecule has 3 nitrogen and oxygen atoms in total. The summed E-state index contributed by atoms with van der Waals surface area (Å²) in [7, 11) is 0. The average Bonchev–Trinajstić information content (AvgIpc) is 2.48. The average molecular weight is 282 g/mol. The minimum atomic E-state index is 0.248. The molecule has 20 heavy (non-hydrogen) atoms. The van der Waals surface area contributed by atoms with E-state index in [4.69, 9.17) is 0 Å². The largest absolute Gasteiger partial charge is 0.342 e. The van der Waals surface area contributed by atoms with Crippen LogP contribution in [0.25, 0.3) is 0 Å². The zero-order chi connectivity index (χ0) is 14.8. The van der Waals surface area contributed by atoms with Gasteiger partial charge in [0.15, 0.2) is 0 Å². The topological polar surface area (TPSA) is 32.3 Å². The Morgan fingerprint density at radius 1 is 1.30 bits per heavy atom. The van der Waals surface area contributed by atoms with Gasteiger partial charge in [-0.15, -0.1) is 0 Å². The van der Waals surface area contributed by atoms with E-state index in [0.29, 0.717) is 11.8 Å². The van der Waals surface area contributed by atoms with E-state index in [1.807, 2.05) is 0 Å². The van der Waals surface area contributed by atoms with Crippen molar-refractivity contribution in [2.45, 2.75) is 65.7 Å². The van der Waals surface area contributed by atoms with Crippen LogP contribution >= 0.6 is 0 Å². The minimum Gasteiger partial charge on any atom is -0.342 e. The van der Waals surface area contributed by atoms with Crippen molar-refractivity contribution in [1.82, 2.24) is 10.2 Å². The van der Waals surface area contributed by atoms with Crippen molar-refractivity contribution >= 4 is 5.91 Å². The second-order valence-electron chi connectivity index (χ2n) is 6.24. The lowest BCUT2D eigenvalue weighted by Gasteiger charge is -2.32. The fourth-order valence-corrected chi connectivity index (χ4v) is 3.16. The molecule has 1 aliphatic heterocycles. The van der Waals surface area contributed by atoms with Gasteiger partial charge >= 0.3 is 0 Å². The maximum atomic E-state index is 12.7. The lowest BCUT2D eigenvalue weighted by Crippen LogP contribution is -2.43. The highest BCUT2D eigenvalue weighted by Gasteiger charge is 2.25. The van der Waals surface area contributed by atoms with Crippen molar-refractivity contribution in [2.75, 3.05) is 26.2 Å². The molecule has 1 N–H and O–H groups in total. The lowest BCUT2D eigenvalue weighted by atomic mass is 9.95. The van der Waals surface area contributed by atoms with Gasteiger partial charge in [-0.2, -0.15) is 0 Å². The Labute approximate surface area is 125 Å². The quantitative estimate of drug-likeness (QED) is 0.702. The molecule has 0 bridgehead atoms. The first-order valence-electron chi connectivity index (χ1n) is 8.72. The number of hydrogen-bond donors (Lipinski definition) is 1. The van der Waals surface area contributed by atoms with Crippen LogP contribution in [-0.2, 0) is 4.79 Å². The van der Waals surface area contributed by atoms with Gasteiger partial charge in [-0.1, -0.05) is 33.6 Å². The van der Waals surface area contributed by atoms with E-state index < -0.39 is 0 Å². The summed E-state index contributed by atoms with van der Waals surface area (Å²) in [5.41, 5.74) is 0.